The molecule has 7 nitrogen and oxygen atoms in total. The molecule has 0 atom stereocenters. The predicted octanol–water partition coefficient (Wildman–Crippen LogP) is 1.09. The van der Waals surface area contributed by atoms with Crippen LogP contribution in [0.3, 0.4) is 0 Å². The molecule has 84 valence electrons. The van der Waals surface area contributed by atoms with Crippen molar-refractivity contribution in [3.63, 3.8) is 0 Å². The van der Waals surface area contributed by atoms with E-state index in [4.69, 9.17) is 16.3 Å². The van der Waals surface area contributed by atoms with E-state index in [1.807, 2.05) is 0 Å². The van der Waals surface area contributed by atoms with Gasteiger partial charge in [0.1, 0.15) is 0 Å². The third kappa shape index (κ3) is 2.37. The average Bonchev–Trinajstić information content (AvgIpc) is 2.63. The number of hydrogen-bond donors (Lipinski definition) is 1. The van der Waals surface area contributed by atoms with Crippen molar-refractivity contribution < 1.29 is 4.74 Å². The summed E-state index contributed by atoms with van der Waals surface area (Å²) in [6, 6.07) is 0.123. The van der Waals surface area contributed by atoms with Gasteiger partial charge < -0.3 is 10.1 Å². The maximum absolute atomic E-state index is 5.70. The molecule has 0 saturated heterocycles. The Morgan fingerprint density at radius 1 is 1.38 bits per heavy atom. The van der Waals surface area contributed by atoms with Gasteiger partial charge >= 0.3 is 6.01 Å². The summed E-state index contributed by atoms with van der Waals surface area (Å²) in [6.45, 7) is 0. The zero-order valence-electron chi connectivity index (χ0n) is 8.68. The number of aryl methyl sites for hydroxylation is 1. The molecular formula is C8H9ClN6O. The van der Waals surface area contributed by atoms with Crippen molar-refractivity contribution >= 4 is 17.5 Å². The number of anilines is 1. The van der Waals surface area contributed by atoms with E-state index in [1.54, 1.807) is 31.2 Å². The van der Waals surface area contributed by atoms with Crippen LogP contribution in [-0.4, -0.2) is 31.8 Å². The molecule has 1 N–H and O–H groups in total. The molecule has 2 heterocycles. The van der Waals surface area contributed by atoms with Crippen molar-refractivity contribution in [2.24, 2.45) is 7.05 Å². The molecule has 0 aromatic carbocycles. The molecule has 2 aromatic rings. The van der Waals surface area contributed by atoms with Crippen molar-refractivity contribution in [1.29, 1.82) is 0 Å². The topological polar surface area (TPSA) is 77.8 Å². The minimum absolute atomic E-state index is 0.0678. The van der Waals surface area contributed by atoms with Crippen molar-refractivity contribution in [3.8, 4) is 11.8 Å². The molecule has 0 aliphatic carbocycles. The van der Waals surface area contributed by atoms with Crippen LogP contribution in [0.2, 0.25) is 5.28 Å². The van der Waals surface area contributed by atoms with Gasteiger partial charge in [0.15, 0.2) is 5.75 Å². The monoisotopic (exact) mass is 240 g/mol. The van der Waals surface area contributed by atoms with E-state index in [-0.39, 0.29) is 11.3 Å². The minimum atomic E-state index is 0.0678. The van der Waals surface area contributed by atoms with Gasteiger partial charge in [-0.2, -0.15) is 20.1 Å². The van der Waals surface area contributed by atoms with Crippen LogP contribution in [0.5, 0.6) is 11.8 Å². The normalized spacial score (nSPS) is 10.2. The van der Waals surface area contributed by atoms with E-state index < -0.39 is 0 Å². The maximum atomic E-state index is 5.70. The zero-order chi connectivity index (χ0) is 11.5. The van der Waals surface area contributed by atoms with Crippen molar-refractivity contribution in [2.45, 2.75) is 0 Å². The summed E-state index contributed by atoms with van der Waals surface area (Å²) in [5.41, 5.74) is 0. The van der Waals surface area contributed by atoms with Crippen LogP contribution in [0.4, 0.5) is 5.95 Å². The first-order chi connectivity index (χ1) is 7.67. The Bertz CT molecular complexity index is 499. The van der Waals surface area contributed by atoms with Gasteiger partial charge in [0, 0.05) is 14.1 Å². The summed E-state index contributed by atoms with van der Waals surface area (Å²) >= 11 is 5.70. The van der Waals surface area contributed by atoms with Gasteiger partial charge in [-0.15, -0.1) is 0 Å². The third-order valence-electron chi connectivity index (χ3n) is 1.70. The molecule has 0 bridgehead atoms. The van der Waals surface area contributed by atoms with E-state index in [9.17, 15) is 0 Å². The minimum Gasteiger partial charge on any atom is -0.421 e. The average molecular weight is 241 g/mol. The van der Waals surface area contributed by atoms with Gasteiger partial charge in [-0.3, -0.25) is 4.68 Å². The van der Waals surface area contributed by atoms with Gasteiger partial charge in [0.25, 0.3) is 0 Å². The second-order valence-corrected chi connectivity index (χ2v) is 3.25. The van der Waals surface area contributed by atoms with Gasteiger partial charge in [-0.25, -0.2) is 0 Å². The van der Waals surface area contributed by atoms with E-state index in [1.165, 1.54) is 0 Å². The predicted molar refractivity (Wildman–Crippen MR) is 57.7 cm³/mol. The largest absolute Gasteiger partial charge is 0.421 e. The van der Waals surface area contributed by atoms with Gasteiger partial charge in [-0.1, -0.05) is 0 Å². The van der Waals surface area contributed by atoms with Crippen molar-refractivity contribution in [3.05, 3.63) is 17.7 Å². The fourth-order valence-electron chi connectivity index (χ4n) is 1.05. The van der Waals surface area contributed by atoms with E-state index in [0.29, 0.717) is 11.7 Å². The van der Waals surface area contributed by atoms with Crippen LogP contribution in [0, 0.1) is 0 Å². The first-order valence-electron chi connectivity index (χ1n) is 4.43. The molecule has 2 rings (SSSR count). The number of nitrogens with one attached hydrogen (secondary N) is 1. The van der Waals surface area contributed by atoms with Crippen LogP contribution in [0.1, 0.15) is 0 Å². The first-order valence-corrected chi connectivity index (χ1v) is 4.81. The Kier molecular flexibility index (Phi) is 2.86. The summed E-state index contributed by atoms with van der Waals surface area (Å²) in [4.78, 5) is 11.6. The molecule has 0 amide bonds. The van der Waals surface area contributed by atoms with E-state index in [0.717, 1.165) is 0 Å². The fraction of sp³-hybridized carbons (Fsp3) is 0.250. The number of nitrogens with zero attached hydrogens (tertiary/aromatic N) is 5. The summed E-state index contributed by atoms with van der Waals surface area (Å²) in [6.07, 6.45) is 3.24. The SMILES string of the molecule is CNc1nc(Cl)nc(Oc2cnn(C)c2)n1. The highest BCUT2D eigenvalue weighted by Crippen LogP contribution is 2.18. The Balaban J connectivity index is 2.24. The highest BCUT2D eigenvalue weighted by molar-refractivity contribution is 6.28. The van der Waals surface area contributed by atoms with E-state index in [2.05, 4.69) is 25.4 Å². The molecule has 16 heavy (non-hydrogen) atoms. The lowest BCUT2D eigenvalue weighted by Crippen LogP contribution is -2.00. The molecule has 8 heteroatoms. The molecule has 0 saturated carbocycles. The Morgan fingerprint density at radius 3 is 2.81 bits per heavy atom. The summed E-state index contributed by atoms with van der Waals surface area (Å²) < 4.78 is 6.96. The van der Waals surface area contributed by atoms with Gasteiger partial charge in [-0.05, 0) is 11.6 Å². The highest BCUT2D eigenvalue weighted by Gasteiger charge is 2.07. The smallest absolute Gasteiger partial charge is 0.328 e. The second kappa shape index (κ2) is 4.31. The maximum Gasteiger partial charge on any atom is 0.328 e. The lowest BCUT2D eigenvalue weighted by atomic mass is 10.6. The molecule has 0 fully saturated rings. The van der Waals surface area contributed by atoms with Gasteiger partial charge in [0.05, 0.1) is 12.4 Å². The van der Waals surface area contributed by atoms with E-state index >= 15 is 0 Å². The van der Waals surface area contributed by atoms with Crippen LogP contribution in [0.15, 0.2) is 12.4 Å². The lowest BCUT2D eigenvalue weighted by Gasteiger charge is -2.02. The molecule has 0 aliphatic heterocycles. The van der Waals surface area contributed by atoms with Crippen LogP contribution in [-0.2, 0) is 7.05 Å². The summed E-state index contributed by atoms with van der Waals surface area (Å²) in [5.74, 6) is 0.880. The molecule has 0 spiro atoms. The Hall–Kier alpha value is -1.89. The second-order valence-electron chi connectivity index (χ2n) is 2.91. The van der Waals surface area contributed by atoms with Crippen molar-refractivity contribution in [1.82, 2.24) is 24.7 Å². The molecule has 0 unspecified atom stereocenters. The highest BCUT2D eigenvalue weighted by atomic mass is 35.5. The molecule has 0 aliphatic rings. The number of aromatic nitrogens is 5. The van der Waals surface area contributed by atoms with Crippen LogP contribution in [0.25, 0.3) is 0 Å². The molecular weight excluding hydrogens is 232 g/mol. The molecule has 2 aromatic heterocycles. The lowest BCUT2D eigenvalue weighted by molar-refractivity contribution is 0.440. The fourth-order valence-corrected chi connectivity index (χ4v) is 1.20. The standard InChI is InChI=1S/C8H9ClN6O/c1-10-7-12-6(9)13-8(14-7)16-5-3-11-15(2)4-5/h3-4H,1-2H3,(H,10,12,13,14). The number of rotatable bonds is 3. The van der Waals surface area contributed by atoms with Gasteiger partial charge in [0.2, 0.25) is 11.2 Å². The summed E-state index contributed by atoms with van der Waals surface area (Å²) in [5, 5.41) is 6.77. The van der Waals surface area contributed by atoms with Crippen molar-refractivity contribution in [2.75, 3.05) is 12.4 Å². The number of halogens is 1. The Labute approximate surface area is 96.5 Å². The van der Waals surface area contributed by atoms with Crippen LogP contribution < -0.4 is 10.1 Å². The Morgan fingerprint density at radius 2 is 2.19 bits per heavy atom. The quantitative estimate of drug-likeness (QED) is 0.865. The number of ether oxygens (including phenoxy) is 1. The number of hydrogen-bond acceptors (Lipinski definition) is 6. The van der Waals surface area contributed by atoms with Crippen LogP contribution >= 0.6 is 11.6 Å². The summed E-state index contributed by atoms with van der Waals surface area (Å²) in [7, 11) is 3.46. The first kappa shape index (κ1) is 10.6. The molecule has 0 radical (unpaired) electrons. The zero-order valence-corrected chi connectivity index (χ0v) is 9.43. The third-order valence-corrected chi connectivity index (χ3v) is 1.87.